The van der Waals surface area contributed by atoms with Crippen LogP contribution in [0.4, 0.5) is 5.69 Å². The molecule has 0 saturated heterocycles. The number of aryl methyl sites for hydroxylation is 1. The fourth-order valence-corrected chi connectivity index (χ4v) is 3.03. The Morgan fingerprint density at radius 3 is 2.96 bits per heavy atom. The molecule has 2 heterocycles. The Balaban J connectivity index is 1.53. The third kappa shape index (κ3) is 2.59. The number of rotatable bonds is 3. The number of hydrogen-bond acceptors (Lipinski definition) is 3. The third-order valence-electron chi connectivity index (χ3n) is 4.17. The first kappa shape index (κ1) is 14.0. The summed E-state index contributed by atoms with van der Waals surface area (Å²) in [7, 11) is 1.89. The first-order valence-electron chi connectivity index (χ1n) is 7.61. The average Bonchev–Trinajstić information content (AvgIpc) is 3.12. The molecule has 0 saturated carbocycles. The van der Waals surface area contributed by atoms with Gasteiger partial charge in [-0.1, -0.05) is 24.3 Å². The smallest absolute Gasteiger partial charge is 0.230 e. The van der Waals surface area contributed by atoms with Crippen LogP contribution in [-0.4, -0.2) is 15.7 Å². The molecule has 0 bridgehead atoms. The molecule has 5 nitrogen and oxygen atoms in total. The zero-order valence-electron chi connectivity index (χ0n) is 12.9. The van der Waals surface area contributed by atoms with Crippen molar-refractivity contribution in [3.8, 4) is 0 Å². The van der Waals surface area contributed by atoms with Gasteiger partial charge in [-0.3, -0.25) is 9.48 Å². The molecule has 1 N–H and O–H groups in total. The highest BCUT2D eigenvalue weighted by Crippen LogP contribution is 2.23. The first-order chi connectivity index (χ1) is 11.2. The SMILES string of the molecule is Cn1nc(CC(=O)Nc2ccc3c(c2)COC3)c2ccccc21. The second kappa shape index (κ2) is 5.52. The van der Waals surface area contributed by atoms with Gasteiger partial charge in [0, 0.05) is 18.1 Å². The zero-order chi connectivity index (χ0) is 15.8. The molecule has 5 heteroatoms. The van der Waals surface area contributed by atoms with Crippen LogP contribution < -0.4 is 5.32 Å². The minimum Gasteiger partial charge on any atom is -0.372 e. The number of fused-ring (bicyclic) bond motifs is 2. The van der Waals surface area contributed by atoms with Crippen LogP contribution in [0.5, 0.6) is 0 Å². The van der Waals surface area contributed by atoms with E-state index in [0.717, 1.165) is 27.8 Å². The Labute approximate surface area is 133 Å². The minimum atomic E-state index is -0.0623. The molecule has 0 fully saturated rings. The van der Waals surface area contributed by atoms with Crippen LogP contribution in [0.15, 0.2) is 42.5 Å². The number of ether oxygens (including phenoxy) is 1. The molecule has 1 amide bonds. The fraction of sp³-hybridized carbons (Fsp3) is 0.222. The second-order valence-electron chi connectivity index (χ2n) is 5.79. The number of nitrogens with one attached hydrogen (secondary N) is 1. The van der Waals surface area contributed by atoms with Gasteiger partial charge in [-0.05, 0) is 29.3 Å². The van der Waals surface area contributed by atoms with E-state index in [1.807, 2.05) is 54.2 Å². The topological polar surface area (TPSA) is 56.2 Å². The summed E-state index contributed by atoms with van der Waals surface area (Å²) in [4.78, 5) is 12.3. The highest BCUT2D eigenvalue weighted by molar-refractivity contribution is 5.95. The summed E-state index contributed by atoms with van der Waals surface area (Å²) in [5, 5.41) is 8.44. The monoisotopic (exact) mass is 307 g/mol. The van der Waals surface area contributed by atoms with Crippen molar-refractivity contribution in [3.05, 3.63) is 59.3 Å². The molecule has 1 aromatic heterocycles. The molecule has 3 aromatic rings. The largest absolute Gasteiger partial charge is 0.372 e. The van der Waals surface area contributed by atoms with Crippen LogP contribution in [0, 0.1) is 0 Å². The van der Waals surface area contributed by atoms with Crippen molar-refractivity contribution < 1.29 is 9.53 Å². The second-order valence-corrected chi connectivity index (χ2v) is 5.79. The molecular formula is C18H17N3O2. The zero-order valence-corrected chi connectivity index (χ0v) is 12.9. The lowest BCUT2D eigenvalue weighted by molar-refractivity contribution is -0.115. The van der Waals surface area contributed by atoms with Crippen LogP contribution in [0.1, 0.15) is 16.8 Å². The summed E-state index contributed by atoms with van der Waals surface area (Å²) in [6.45, 7) is 1.27. The molecule has 0 atom stereocenters. The van der Waals surface area contributed by atoms with Gasteiger partial charge in [-0.25, -0.2) is 0 Å². The predicted molar refractivity (Wildman–Crippen MR) is 88.0 cm³/mol. The molecule has 23 heavy (non-hydrogen) atoms. The maximum Gasteiger partial charge on any atom is 0.230 e. The molecule has 0 unspecified atom stereocenters. The molecule has 1 aliphatic rings. The lowest BCUT2D eigenvalue weighted by atomic mass is 10.1. The maximum atomic E-state index is 12.3. The lowest BCUT2D eigenvalue weighted by Crippen LogP contribution is -2.15. The van der Waals surface area contributed by atoms with Crippen molar-refractivity contribution in [1.82, 2.24) is 9.78 Å². The summed E-state index contributed by atoms with van der Waals surface area (Å²) < 4.78 is 7.21. The van der Waals surface area contributed by atoms with Crippen LogP contribution >= 0.6 is 0 Å². The van der Waals surface area contributed by atoms with E-state index in [1.54, 1.807) is 0 Å². The van der Waals surface area contributed by atoms with Gasteiger partial charge in [-0.2, -0.15) is 5.10 Å². The van der Waals surface area contributed by atoms with Gasteiger partial charge in [-0.15, -0.1) is 0 Å². The number of benzene rings is 2. The van der Waals surface area contributed by atoms with Crippen molar-refractivity contribution in [2.45, 2.75) is 19.6 Å². The molecule has 4 rings (SSSR count). The van der Waals surface area contributed by atoms with Crippen molar-refractivity contribution in [2.24, 2.45) is 7.05 Å². The van der Waals surface area contributed by atoms with Gasteiger partial charge in [0.25, 0.3) is 0 Å². The van der Waals surface area contributed by atoms with E-state index in [0.29, 0.717) is 13.2 Å². The van der Waals surface area contributed by atoms with Gasteiger partial charge in [0.1, 0.15) is 0 Å². The quantitative estimate of drug-likeness (QED) is 0.809. The minimum absolute atomic E-state index is 0.0623. The fourth-order valence-electron chi connectivity index (χ4n) is 3.03. The van der Waals surface area contributed by atoms with Gasteiger partial charge in [0.15, 0.2) is 0 Å². The highest BCUT2D eigenvalue weighted by Gasteiger charge is 2.14. The molecule has 1 aliphatic heterocycles. The number of nitrogens with zero attached hydrogens (tertiary/aromatic N) is 2. The first-order valence-corrected chi connectivity index (χ1v) is 7.61. The van der Waals surface area contributed by atoms with E-state index in [9.17, 15) is 4.79 Å². The van der Waals surface area contributed by atoms with Crippen LogP contribution in [0.3, 0.4) is 0 Å². The van der Waals surface area contributed by atoms with Crippen molar-refractivity contribution in [2.75, 3.05) is 5.32 Å². The Morgan fingerprint density at radius 1 is 1.22 bits per heavy atom. The van der Waals surface area contributed by atoms with E-state index in [4.69, 9.17) is 4.74 Å². The molecule has 2 aromatic carbocycles. The molecule has 0 aliphatic carbocycles. The number of para-hydroxylation sites is 1. The lowest BCUT2D eigenvalue weighted by Gasteiger charge is -2.06. The standard InChI is InChI=1S/C18H17N3O2/c1-21-17-5-3-2-4-15(17)16(20-21)9-18(22)19-14-7-6-12-10-23-11-13(12)8-14/h2-8H,9-11H2,1H3,(H,19,22). The normalized spacial score (nSPS) is 13.3. The summed E-state index contributed by atoms with van der Waals surface area (Å²) in [6.07, 6.45) is 0.259. The van der Waals surface area contributed by atoms with Crippen LogP contribution in [0.25, 0.3) is 10.9 Å². The molecule has 0 spiro atoms. The van der Waals surface area contributed by atoms with E-state index < -0.39 is 0 Å². The summed E-state index contributed by atoms with van der Waals surface area (Å²) in [5.41, 5.74) is 4.97. The van der Waals surface area contributed by atoms with Gasteiger partial charge in [0.2, 0.25) is 5.91 Å². The summed E-state index contributed by atoms with van der Waals surface area (Å²) >= 11 is 0. The molecular weight excluding hydrogens is 290 g/mol. The predicted octanol–water partition coefficient (Wildman–Crippen LogP) is 2.78. The summed E-state index contributed by atoms with van der Waals surface area (Å²) in [6, 6.07) is 13.8. The Morgan fingerprint density at radius 2 is 2.04 bits per heavy atom. The van der Waals surface area contributed by atoms with Gasteiger partial charge < -0.3 is 10.1 Å². The van der Waals surface area contributed by atoms with E-state index in [-0.39, 0.29) is 12.3 Å². The number of amides is 1. The number of carbonyl (C=O) groups is 1. The van der Waals surface area contributed by atoms with E-state index in [2.05, 4.69) is 10.4 Å². The van der Waals surface area contributed by atoms with Crippen LogP contribution in [-0.2, 0) is 36.2 Å². The van der Waals surface area contributed by atoms with Crippen LogP contribution in [0.2, 0.25) is 0 Å². The molecule has 116 valence electrons. The number of anilines is 1. The number of aromatic nitrogens is 2. The van der Waals surface area contributed by atoms with E-state index in [1.165, 1.54) is 5.56 Å². The summed E-state index contributed by atoms with van der Waals surface area (Å²) in [5.74, 6) is -0.0623. The highest BCUT2D eigenvalue weighted by atomic mass is 16.5. The third-order valence-corrected chi connectivity index (χ3v) is 4.17. The number of carbonyl (C=O) groups excluding carboxylic acids is 1. The number of hydrogen-bond donors (Lipinski definition) is 1. The Hall–Kier alpha value is -2.66. The van der Waals surface area contributed by atoms with Gasteiger partial charge >= 0.3 is 0 Å². The van der Waals surface area contributed by atoms with E-state index >= 15 is 0 Å². The average molecular weight is 307 g/mol. The Kier molecular flexibility index (Phi) is 3.35. The van der Waals surface area contributed by atoms with Gasteiger partial charge in [0.05, 0.1) is 30.8 Å². The molecule has 0 radical (unpaired) electrons. The Bertz CT molecular complexity index is 898. The van der Waals surface area contributed by atoms with Crippen molar-refractivity contribution >= 4 is 22.5 Å². The maximum absolute atomic E-state index is 12.3. The van der Waals surface area contributed by atoms with Crippen molar-refractivity contribution in [3.63, 3.8) is 0 Å². The van der Waals surface area contributed by atoms with Crippen molar-refractivity contribution in [1.29, 1.82) is 0 Å².